The van der Waals surface area contributed by atoms with Crippen LogP contribution in [-0.4, -0.2) is 0 Å². The molecule has 0 radical (unpaired) electrons. The summed E-state index contributed by atoms with van der Waals surface area (Å²) in [6.45, 7) is 4.47. The van der Waals surface area contributed by atoms with E-state index >= 15 is 0 Å². The molecule has 144 valence electrons. The summed E-state index contributed by atoms with van der Waals surface area (Å²) in [6.07, 6.45) is 3.56. The third kappa shape index (κ3) is 2.34. The predicted molar refractivity (Wildman–Crippen MR) is 126 cm³/mol. The zero-order valence-electron chi connectivity index (χ0n) is 17.4. The summed E-state index contributed by atoms with van der Waals surface area (Å²) < 4.78 is 0. The van der Waals surface area contributed by atoms with Crippen LogP contribution in [0, 0.1) is 13.8 Å². The van der Waals surface area contributed by atoms with Crippen LogP contribution in [0.4, 0.5) is 0 Å². The maximum absolute atomic E-state index is 2.56. The molecular formula is C30H24. The van der Waals surface area contributed by atoms with E-state index in [2.05, 4.69) is 111 Å². The molecule has 0 saturated heterocycles. The van der Waals surface area contributed by atoms with Gasteiger partial charge in [0, 0.05) is 5.41 Å². The van der Waals surface area contributed by atoms with Crippen molar-refractivity contribution in [3.8, 4) is 11.1 Å². The number of fused-ring (bicyclic) bond motifs is 3. The van der Waals surface area contributed by atoms with E-state index in [4.69, 9.17) is 0 Å². The Morgan fingerprint density at radius 3 is 1.93 bits per heavy atom. The van der Waals surface area contributed by atoms with Crippen molar-refractivity contribution in [1.29, 1.82) is 0 Å². The van der Waals surface area contributed by atoms with E-state index in [9.17, 15) is 0 Å². The largest absolute Gasteiger partial charge is 0.0622 e. The molecule has 0 heterocycles. The van der Waals surface area contributed by atoms with E-state index in [1.807, 2.05) is 0 Å². The van der Waals surface area contributed by atoms with Gasteiger partial charge in [0.25, 0.3) is 0 Å². The van der Waals surface area contributed by atoms with Gasteiger partial charge in [0.2, 0.25) is 0 Å². The Hall–Kier alpha value is -3.38. The quantitative estimate of drug-likeness (QED) is 0.300. The molecule has 0 aliphatic heterocycles. The molecule has 2 aliphatic rings. The first-order valence-electron chi connectivity index (χ1n) is 10.8. The van der Waals surface area contributed by atoms with Crippen LogP contribution in [-0.2, 0) is 11.8 Å². The second kappa shape index (κ2) is 6.31. The summed E-state index contributed by atoms with van der Waals surface area (Å²) >= 11 is 0. The van der Waals surface area contributed by atoms with E-state index in [-0.39, 0.29) is 5.41 Å². The Morgan fingerprint density at radius 2 is 1.27 bits per heavy atom. The first kappa shape index (κ1) is 17.5. The molecule has 4 aromatic rings. The number of benzene rings is 4. The molecule has 0 amide bonds. The minimum atomic E-state index is -0.167. The summed E-state index contributed by atoms with van der Waals surface area (Å²) in [7, 11) is 0. The van der Waals surface area contributed by atoms with E-state index in [1.54, 1.807) is 0 Å². The molecule has 6 rings (SSSR count). The topological polar surface area (TPSA) is 0 Å². The number of allylic oxidation sites excluding steroid dienone is 1. The highest BCUT2D eigenvalue weighted by Crippen LogP contribution is 2.54. The molecule has 0 fully saturated rings. The highest BCUT2D eigenvalue weighted by Gasteiger charge is 2.41. The third-order valence-electron chi connectivity index (χ3n) is 7.00. The molecule has 4 aromatic carbocycles. The molecule has 0 N–H and O–H groups in total. The van der Waals surface area contributed by atoms with Crippen molar-refractivity contribution in [2.45, 2.75) is 25.7 Å². The van der Waals surface area contributed by atoms with Crippen molar-refractivity contribution in [3.05, 3.63) is 136 Å². The highest BCUT2D eigenvalue weighted by molar-refractivity contribution is 6.04. The van der Waals surface area contributed by atoms with E-state index < -0.39 is 0 Å². The van der Waals surface area contributed by atoms with Gasteiger partial charge >= 0.3 is 0 Å². The minimum Gasteiger partial charge on any atom is -0.0622 e. The summed E-state index contributed by atoms with van der Waals surface area (Å²) in [4.78, 5) is 0. The highest BCUT2D eigenvalue weighted by atomic mass is 14.4. The smallest absolute Gasteiger partial charge is 0.0431 e. The molecule has 0 aromatic heterocycles. The van der Waals surface area contributed by atoms with Crippen molar-refractivity contribution in [2.75, 3.05) is 0 Å². The molecule has 0 bridgehead atoms. The summed E-state index contributed by atoms with van der Waals surface area (Å²) in [5, 5.41) is 0. The summed E-state index contributed by atoms with van der Waals surface area (Å²) in [6, 6.07) is 33.6. The lowest BCUT2D eigenvalue weighted by atomic mass is 9.65. The average Bonchev–Trinajstić information content (AvgIpc) is 3.10. The maximum atomic E-state index is 2.56. The van der Waals surface area contributed by atoms with E-state index in [0.29, 0.717) is 0 Å². The molecular weight excluding hydrogens is 360 g/mol. The minimum absolute atomic E-state index is 0.167. The van der Waals surface area contributed by atoms with Gasteiger partial charge in [-0.1, -0.05) is 103 Å². The molecule has 2 aliphatic carbocycles. The van der Waals surface area contributed by atoms with Gasteiger partial charge in [-0.25, -0.2) is 0 Å². The maximum Gasteiger partial charge on any atom is 0.0431 e. The van der Waals surface area contributed by atoms with Gasteiger partial charge in [-0.15, -0.1) is 0 Å². The summed E-state index contributed by atoms with van der Waals surface area (Å²) in [5.41, 5.74) is 13.8. The second-order valence-electron chi connectivity index (χ2n) is 8.77. The van der Waals surface area contributed by atoms with Gasteiger partial charge in [0.15, 0.2) is 0 Å². The fraction of sp³-hybridized carbons (Fsp3) is 0.133. The fourth-order valence-corrected chi connectivity index (χ4v) is 5.50. The lowest BCUT2D eigenvalue weighted by Crippen LogP contribution is -2.32. The normalized spacial score (nSPS) is 15.3. The number of hydrogen-bond donors (Lipinski definition) is 0. The molecule has 0 nitrogen and oxygen atoms in total. The first-order chi connectivity index (χ1) is 14.7. The number of rotatable bonds is 2. The molecule has 30 heavy (non-hydrogen) atoms. The van der Waals surface area contributed by atoms with Gasteiger partial charge in [0.1, 0.15) is 0 Å². The van der Waals surface area contributed by atoms with Gasteiger partial charge in [-0.3, -0.25) is 0 Å². The first-order valence-corrected chi connectivity index (χ1v) is 10.8. The molecule has 0 atom stereocenters. The lowest BCUT2D eigenvalue weighted by Gasteiger charge is -2.38. The summed E-state index contributed by atoms with van der Waals surface area (Å²) in [5.74, 6) is 0. The van der Waals surface area contributed by atoms with Gasteiger partial charge in [-0.2, -0.15) is 0 Å². The average molecular weight is 385 g/mol. The number of aryl methyl sites for hydroxylation is 2. The molecule has 0 heteroatoms. The lowest BCUT2D eigenvalue weighted by molar-refractivity contribution is 0.629. The fourth-order valence-electron chi connectivity index (χ4n) is 5.50. The van der Waals surface area contributed by atoms with Crippen LogP contribution >= 0.6 is 0 Å². The van der Waals surface area contributed by atoms with Crippen molar-refractivity contribution in [1.82, 2.24) is 0 Å². The zero-order chi connectivity index (χ0) is 20.3. The van der Waals surface area contributed by atoms with Crippen LogP contribution in [0.15, 0.2) is 97.1 Å². The monoisotopic (exact) mass is 384 g/mol. The van der Waals surface area contributed by atoms with Crippen molar-refractivity contribution in [2.24, 2.45) is 0 Å². The van der Waals surface area contributed by atoms with Crippen molar-refractivity contribution < 1.29 is 0 Å². The van der Waals surface area contributed by atoms with Crippen LogP contribution < -0.4 is 0 Å². The van der Waals surface area contributed by atoms with Crippen LogP contribution in [0.5, 0.6) is 0 Å². The van der Waals surface area contributed by atoms with E-state index in [1.165, 1.54) is 55.6 Å². The number of hydrogen-bond acceptors (Lipinski definition) is 0. The van der Waals surface area contributed by atoms with Gasteiger partial charge in [-0.05, 0) is 70.3 Å². The second-order valence-corrected chi connectivity index (χ2v) is 8.77. The Balaban J connectivity index is 1.73. The molecule has 0 spiro atoms. The molecule has 0 saturated carbocycles. The Morgan fingerprint density at radius 1 is 0.633 bits per heavy atom. The predicted octanol–water partition coefficient (Wildman–Crippen LogP) is 7.26. The van der Waals surface area contributed by atoms with Gasteiger partial charge in [0.05, 0.1) is 0 Å². The Bertz CT molecular complexity index is 1270. The zero-order valence-corrected chi connectivity index (χ0v) is 17.4. The standard InChI is InChI=1S/C30H24/c1-20-13-15-24-25-16-14-21(2)27-18-30(22-9-5-3-6-10-22,23-11-7-4-8-12-23)19-28(29(25)27)26(24)17-20/h3-17,19H,18H2,1-2H3. The Kier molecular flexibility index (Phi) is 3.67. The van der Waals surface area contributed by atoms with Crippen molar-refractivity contribution in [3.63, 3.8) is 0 Å². The van der Waals surface area contributed by atoms with Crippen molar-refractivity contribution >= 4 is 5.57 Å². The van der Waals surface area contributed by atoms with Crippen LogP contribution in [0.25, 0.3) is 16.7 Å². The molecule has 0 unspecified atom stereocenters. The van der Waals surface area contributed by atoms with Crippen LogP contribution in [0.1, 0.15) is 38.9 Å². The third-order valence-corrected chi connectivity index (χ3v) is 7.00. The van der Waals surface area contributed by atoms with Gasteiger partial charge < -0.3 is 0 Å². The van der Waals surface area contributed by atoms with Crippen LogP contribution in [0.2, 0.25) is 0 Å². The van der Waals surface area contributed by atoms with Crippen LogP contribution in [0.3, 0.4) is 0 Å². The Labute approximate surface area is 178 Å². The SMILES string of the molecule is Cc1ccc2c(c1)C1=CC(c3ccccc3)(c3ccccc3)Cc3c(C)ccc-2c31. The van der Waals surface area contributed by atoms with E-state index in [0.717, 1.165) is 6.42 Å².